The number of halogens is 1. The molecule has 2 rings (SSSR count). The minimum Gasteiger partial charge on any atom is -0.239 e. The molecule has 4 heteroatoms. The number of rotatable bonds is 2. The van der Waals surface area contributed by atoms with Gasteiger partial charge in [0.2, 0.25) is 0 Å². The SMILES string of the molecule is CC(C#N)(c1cccc(Cl)n1)c1cccs1. The van der Waals surface area contributed by atoms with Gasteiger partial charge in [0.1, 0.15) is 10.6 Å². The molecule has 80 valence electrons. The predicted octanol–water partition coefficient (Wildman–Crippen LogP) is 3.63. The van der Waals surface area contributed by atoms with Crippen LogP contribution in [0.5, 0.6) is 0 Å². The molecule has 0 saturated heterocycles. The van der Waals surface area contributed by atoms with E-state index in [2.05, 4.69) is 11.1 Å². The average Bonchev–Trinajstić information content (AvgIpc) is 2.82. The Morgan fingerprint density at radius 1 is 1.38 bits per heavy atom. The van der Waals surface area contributed by atoms with Gasteiger partial charge in [-0.05, 0) is 30.5 Å². The van der Waals surface area contributed by atoms with Crippen molar-refractivity contribution in [3.05, 3.63) is 51.4 Å². The zero-order valence-electron chi connectivity index (χ0n) is 8.64. The number of hydrogen-bond acceptors (Lipinski definition) is 3. The van der Waals surface area contributed by atoms with Crippen molar-refractivity contribution < 1.29 is 0 Å². The van der Waals surface area contributed by atoms with E-state index >= 15 is 0 Å². The number of nitriles is 1. The van der Waals surface area contributed by atoms with Crippen LogP contribution >= 0.6 is 22.9 Å². The van der Waals surface area contributed by atoms with Crippen LogP contribution in [0.25, 0.3) is 0 Å². The fourth-order valence-corrected chi connectivity index (χ4v) is 2.50. The minimum absolute atomic E-state index is 0.413. The monoisotopic (exact) mass is 248 g/mol. The van der Waals surface area contributed by atoms with Crippen LogP contribution in [0.15, 0.2) is 35.7 Å². The highest BCUT2D eigenvalue weighted by Gasteiger charge is 2.31. The van der Waals surface area contributed by atoms with Crippen molar-refractivity contribution in [2.24, 2.45) is 0 Å². The second kappa shape index (κ2) is 4.25. The third-order valence-corrected chi connectivity index (χ3v) is 3.77. The normalized spacial score (nSPS) is 14.1. The van der Waals surface area contributed by atoms with Gasteiger partial charge in [-0.15, -0.1) is 11.3 Å². The highest BCUT2D eigenvalue weighted by Crippen LogP contribution is 2.33. The molecule has 0 aliphatic carbocycles. The minimum atomic E-state index is -0.723. The molecule has 2 aromatic rings. The van der Waals surface area contributed by atoms with Crippen molar-refractivity contribution in [2.45, 2.75) is 12.3 Å². The molecule has 2 nitrogen and oxygen atoms in total. The zero-order chi connectivity index (χ0) is 11.6. The molecule has 1 atom stereocenters. The first kappa shape index (κ1) is 11.1. The average molecular weight is 249 g/mol. The summed E-state index contributed by atoms with van der Waals surface area (Å²) < 4.78 is 0. The van der Waals surface area contributed by atoms with Gasteiger partial charge in [-0.2, -0.15) is 5.26 Å². The van der Waals surface area contributed by atoms with Crippen LogP contribution in [0.3, 0.4) is 0 Å². The third kappa shape index (κ3) is 1.82. The van der Waals surface area contributed by atoms with Gasteiger partial charge in [-0.3, -0.25) is 0 Å². The fourth-order valence-electron chi connectivity index (χ4n) is 1.49. The number of hydrogen-bond donors (Lipinski definition) is 0. The van der Waals surface area contributed by atoms with Gasteiger partial charge >= 0.3 is 0 Å². The van der Waals surface area contributed by atoms with Gasteiger partial charge in [-0.25, -0.2) is 4.98 Å². The lowest BCUT2D eigenvalue weighted by molar-refractivity contribution is 0.725. The molecule has 0 bridgehead atoms. The molecule has 0 spiro atoms. The molecule has 0 aliphatic heterocycles. The molecule has 2 aromatic heterocycles. The topological polar surface area (TPSA) is 36.7 Å². The summed E-state index contributed by atoms with van der Waals surface area (Å²) in [7, 11) is 0. The first-order chi connectivity index (χ1) is 7.66. The number of pyridine rings is 1. The number of thiophene rings is 1. The van der Waals surface area contributed by atoms with Crippen molar-refractivity contribution >= 4 is 22.9 Å². The largest absolute Gasteiger partial charge is 0.239 e. The predicted molar refractivity (Wildman–Crippen MR) is 65.6 cm³/mol. The van der Waals surface area contributed by atoms with Crippen LogP contribution in [0, 0.1) is 11.3 Å². The van der Waals surface area contributed by atoms with E-state index in [-0.39, 0.29) is 0 Å². The molecular formula is C12H9ClN2S. The second-order valence-electron chi connectivity index (χ2n) is 3.56. The van der Waals surface area contributed by atoms with E-state index in [1.807, 2.05) is 36.6 Å². The van der Waals surface area contributed by atoms with Gasteiger partial charge in [0.25, 0.3) is 0 Å². The maximum Gasteiger partial charge on any atom is 0.130 e. The van der Waals surface area contributed by atoms with Crippen LogP contribution in [0.1, 0.15) is 17.5 Å². The summed E-state index contributed by atoms with van der Waals surface area (Å²) in [5.74, 6) is 0. The molecule has 1 unspecified atom stereocenters. The maximum atomic E-state index is 9.37. The fraction of sp³-hybridized carbons (Fsp3) is 0.167. The molecule has 0 aliphatic rings. The first-order valence-electron chi connectivity index (χ1n) is 4.75. The van der Waals surface area contributed by atoms with Crippen LogP contribution < -0.4 is 0 Å². The van der Waals surface area contributed by atoms with E-state index < -0.39 is 5.41 Å². The summed E-state index contributed by atoms with van der Waals surface area (Å²) in [5.41, 5.74) is -0.0380. The van der Waals surface area contributed by atoms with Crippen molar-refractivity contribution in [1.29, 1.82) is 5.26 Å². The van der Waals surface area contributed by atoms with Crippen LogP contribution in [-0.4, -0.2) is 4.98 Å². The Bertz CT molecular complexity index is 530. The second-order valence-corrected chi connectivity index (χ2v) is 4.89. The summed E-state index contributed by atoms with van der Waals surface area (Å²) in [5, 5.41) is 11.7. The van der Waals surface area contributed by atoms with Crippen LogP contribution in [0.2, 0.25) is 5.15 Å². The van der Waals surface area contributed by atoms with E-state index in [4.69, 9.17) is 11.6 Å². The van der Waals surface area contributed by atoms with E-state index in [1.54, 1.807) is 17.4 Å². The van der Waals surface area contributed by atoms with E-state index in [1.165, 1.54) is 0 Å². The Morgan fingerprint density at radius 3 is 2.75 bits per heavy atom. The van der Waals surface area contributed by atoms with Crippen LogP contribution in [0.4, 0.5) is 0 Å². The Kier molecular flexibility index (Phi) is 2.95. The quantitative estimate of drug-likeness (QED) is 0.761. The standard InChI is InChI=1S/C12H9ClN2S/c1-12(8-14,10-5-3-7-16-10)9-4-2-6-11(13)15-9/h2-7H,1H3. The summed E-state index contributed by atoms with van der Waals surface area (Å²) in [6.07, 6.45) is 0. The lowest BCUT2D eigenvalue weighted by Gasteiger charge is -2.19. The highest BCUT2D eigenvalue weighted by atomic mass is 35.5. The van der Waals surface area contributed by atoms with Crippen LogP contribution in [-0.2, 0) is 5.41 Å². The Morgan fingerprint density at radius 2 is 2.19 bits per heavy atom. The lowest BCUT2D eigenvalue weighted by Crippen LogP contribution is -2.21. The summed E-state index contributed by atoms with van der Waals surface area (Å²) in [6, 6.07) is 11.5. The van der Waals surface area contributed by atoms with E-state index in [0.717, 1.165) is 4.88 Å². The van der Waals surface area contributed by atoms with Crippen molar-refractivity contribution in [3.63, 3.8) is 0 Å². The summed E-state index contributed by atoms with van der Waals surface area (Å²) in [4.78, 5) is 5.20. The number of aromatic nitrogens is 1. The Hall–Kier alpha value is -1.37. The molecule has 0 saturated carbocycles. The number of nitrogens with zero attached hydrogens (tertiary/aromatic N) is 2. The molecule has 0 radical (unpaired) electrons. The smallest absolute Gasteiger partial charge is 0.130 e. The molecule has 0 N–H and O–H groups in total. The van der Waals surface area contributed by atoms with Gasteiger partial charge < -0.3 is 0 Å². The van der Waals surface area contributed by atoms with Crippen molar-refractivity contribution in [3.8, 4) is 6.07 Å². The molecule has 16 heavy (non-hydrogen) atoms. The van der Waals surface area contributed by atoms with Gasteiger partial charge in [-0.1, -0.05) is 23.7 Å². The van der Waals surface area contributed by atoms with Crippen molar-refractivity contribution in [2.75, 3.05) is 0 Å². The molecule has 0 fully saturated rings. The molecule has 0 amide bonds. The maximum absolute atomic E-state index is 9.37. The summed E-state index contributed by atoms with van der Waals surface area (Å²) >= 11 is 7.40. The Balaban J connectivity index is 2.56. The Labute approximate surface area is 103 Å². The van der Waals surface area contributed by atoms with Crippen molar-refractivity contribution in [1.82, 2.24) is 4.98 Å². The molecule has 2 heterocycles. The summed E-state index contributed by atoms with van der Waals surface area (Å²) in [6.45, 7) is 1.86. The van der Waals surface area contributed by atoms with E-state index in [9.17, 15) is 5.26 Å². The zero-order valence-corrected chi connectivity index (χ0v) is 10.2. The lowest BCUT2D eigenvalue weighted by atomic mass is 9.86. The molecular weight excluding hydrogens is 240 g/mol. The third-order valence-electron chi connectivity index (χ3n) is 2.46. The van der Waals surface area contributed by atoms with Gasteiger partial charge in [0.05, 0.1) is 11.8 Å². The molecule has 0 aromatic carbocycles. The van der Waals surface area contributed by atoms with Gasteiger partial charge in [0, 0.05) is 4.88 Å². The first-order valence-corrected chi connectivity index (χ1v) is 6.01. The van der Waals surface area contributed by atoms with Gasteiger partial charge in [0.15, 0.2) is 0 Å². The van der Waals surface area contributed by atoms with E-state index in [0.29, 0.717) is 10.8 Å². The highest BCUT2D eigenvalue weighted by molar-refractivity contribution is 7.10.